The molecule has 0 spiro atoms. The largest absolute Gasteiger partial charge is 0.444 e. The number of hydrogen-bond acceptors (Lipinski definition) is 2. The van der Waals surface area contributed by atoms with Crippen LogP contribution in [0.1, 0.15) is 46.5 Å². The third kappa shape index (κ3) is 2.23. The van der Waals surface area contributed by atoms with Crippen molar-refractivity contribution < 1.29 is 9.53 Å². The summed E-state index contributed by atoms with van der Waals surface area (Å²) >= 11 is 0. The van der Waals surface area contributed by atoms with Crippen LogP contribution in [0.5, 0.6) is 0 Å². The van der Waals surface area contributed by atoms with Crippen molar-refractivity contribution in [3.63, 3.8) is 0 Å². The van der Waals surface area contributed by atoms with E-state index in [2.05, 4.69) is 6.58 Å². The molecule has 2 aliphatic heterocycles. The van der Waals surface area contributed by atoms with Crippen molar-refractivity contribution in [1.29, 1.82) is 0 Å². The molecular weight excluding hydrogens is 202 g/mol. The molecule has 2 saturated heterocycles. The Balaban J connectivity index is 2.06. The second kappa shape index (κ2) is 3.79. The van der Waals surface area contributed by atoms with E-state index in [9.17, 15) is 4.79 Å². The molecule has 2 rings (SSSR count). The van der Waals surface area contributed by atoms with Gasteiger partial charge in [0.2, 0.25) is 0 Å². The summed E-state index contributed by atoms with van der Waals surface area (Å²) in [7, 11) is 0. The minimum absolute atomic E-state index is 0.146. The van der Waals surface area contributed by atoms with Gasteiger partial charge in [-0.1, -0.05) is 12.2 Å². The SMILES string of the molecule is C=C1CC2CC[C@@H](C1)N2C(=O)OC(C)(C)C. The van der Waals surface area contributed by atoms with E-state index < -0.39 is 5.60 Å². The first-order valence-electron chi connectivity index (χ1n) is 6.05. The van der Waals surface area contributed by atoms with Crippen molar-refractivity contribution in [2.75, 3.05) is 0 Å². The first-order valence-corrected chi connectivity index (χ1v) is 6.05. The Morgan fingerprint density at radius 1 is 1.31 bits per heavy atom. The Morgan fingerprint density at radius 2 is 1.81 bits per heavy atom. The van der Waals surface area contributed by atoms with Crippen LogP contribution >= 0.6 is 0 Å². The van der Waals surface area contributed by atoms with Gasteiger partial charge in [0.05, 0.1) is 0 Å². The second-order valence-corrected chi connectivity index (χ2v) is 5.93. The van der Waals surface area contributed by atoms with Crippen LogP contribution in [0.15, 0.2) is 12.2 Å². The van der Waals surface area contributed by atoms with E-state index in [-0.39, 0.29) is 6.09 Å². The molecule has 2 fully saturated rings. The van der Waals surface area contributed by atoms with Crippen molar-refractivity contribution in [3.05, 3.63) is 12.2 Å². The van der Waals surface area contributed by atoms with Gasteiger partial charge in [-0.15, -0.1) is 0 Å². The van der Waals surface area contributed by atoms with E-state index in [1.165, 1.54) is 5.57 Å². The van der Waals surface area contributed by atoms with Crippen LogP contribution in [0.25, 0.3) is 0 Å². The molecule has 2 atom stereocenters. The van der Waals surface area contributed by atoms with Gasteiger partial charge in [-0.25, -0.2) is 4.79 Å². The second-order valence-electron chi connectivity index (χ2n) is 5.93. The molecule has 3 nitrogen and oxygen atoms in total. The standard InChI is InChI=1S/C13H21NO2/c1-9-7-10-5-6-11(8-9)14(10)12(15)16-13(2,3)4/h10-11H,1,5-8H2,2-4H3/t10-,11?/m0/s1. The number of hydrogen-bond donors (Lipinski definition) is 0. The van der Waals surface area contributed by atoms with Crippen LogP contribution in [0.2, 0.25) is 0 Å². The molecule has 2 heterocycles. The normalized spacial score (nSPS) is 29.4. The minimum atomic E-state index is -0.398. The predicted molar refractivity (Wildman–Crippen MR) is 63.3 cm³/mol. The third-order valence-electron chi connectivity index (χ3n) is 3.27. The number of ether oxygens (including phenoxy) is 1. The Bertz CT molecular complexity index is 300. The molecule has 90 valence electrons. The monoisotopic (exact) mass is 223 g/mol. The lowest BCUT2D eigenvalue weighted by molar-refractivity contribution is 0.0115. The molecule has 0 saturated carbocycles. The van der Waals surface area contributed by atoms with Gasteiger partial charge < -0.3 is 9.64 Å². The van der Waals surface area contributed by atoms with Gasteiger partial charge in [0, 0.05) is 12.1 Å². The molecule has 2 aliphatic rings. The van der Waals surface area contributed by atoms with Crippen LogP contribution in [0, 0.1) is 0 Å². The molecular formula is C13H21NO2. The van der Waals surface area contributed by atoms with Crippen LogP contribution < -0.4 is 0 Å². The predicted octanol–water partition coefficient (Wildman–Crippen LogP) is 3.10. The van der Waals surface area contributed by atoms with Gasteiger partial charge in [-0.3, -0.25) is 0 Å². The highest BCUT2D eigenvalue weighted by Gasteiger charge is 2.42. The average Bonchev–Trinajstić information content (AvgIpc) is 2.36. The van der Waals surface area contributed by atoms with E-state index in [0.717, 1.165) is 25.7 Å². The fourth-order valence-corrected chi connectivity index (χ4v) is 2.72. The van der Waals surface area contributed by atoms with Crippen molar-refractivity contribution >= 4 is 6.09 Å². The number of nitrogens with zero attached hydrogens (tertiary/aromatic N) is 1. The molecule has 0 N–H and O–H groups in total. The van der Waals surface area contributed by atoms with Gasteiger partial charge in [0.1, 0.15) is 5.60 Å². The maximum Gasteiger partial charge on any atom is 0.410 e. The van der Waals surface area contributed by atoms with Gasteiger partial charge in [0.25, 0.3) is 0 Å². The van der Waals surface area contributed by atoms with E-state index >= 15 is 0 Å². The summed E-state index contributed by atoms with van der Waals surface area (Å²) < 4.78 is 5.45. The quantitative estimate of drug-likeness (QED) is 0.590. The fraction of sp³-hybridized carbons (Fsp3) is 0.769. The van der Waals surface area contributed by atoms with E-state index in [0.29, 0.717) is 12.1 Å². The molecule has 0 aromatic heterocycles. The van der Waals surface area contributed by atoms with E-state index in [4.69, 9.17) is 4.74 Å². The van der Waals surface area contributed by atoms with Crippen LogP contribution in [0.3, 0.4) is 0 Å². The third-order valence-corrected chi connectivity index (χ3v) is 3.27. The number of fused-ring (bicyclic) bond motifs is 2. The molecule has 0 aromatic rings. The van der Waals surface area contributed by atoms with Crippen molar-refractivity contribution in [1.82, 2.24) is 4.90 Å². The zero-order valence-electron chi connectivity index (χ0n) is 10.5. The lowest BCUT2D eigenvalue weighted by Crippen LogP contribution is -2.46. The van der Waals surface area contributed by atoms with Crippen molar-refractivity contribution in [3.8, 4) is 0 Å². The first kappa shape index (κ1) is 11.5. The number of amides is 1. The summed E-state index contributed by atoms with van der Waals surface area (Å²) in [4.78, 5) is 14.0. The van der Waals surface area contributed by atoms with E-state index in [1.807, 2.05) is 25.7 Å². The summed E-state index contributed by atoms with van der Waals surface area (Å²) in [5.74, 6) is 0. The number of rotatable bonds is 0. The molecule has 1 unspecified atom stereocenters. The minimum Gasteiger partial charge on any atom is -0.444 e. The zero-order valence-corrected chi connectivity index (χ0v) is 10.5. The molecule has 0 aromatic carbocycles. The Kier molecular flexibility index (Phi) is 2.72. The summed E-state index contributed by atoms with van der Waals surface area (Å²) in [6.07, 6.45) is 3.96. The highest BCUT2D eigenvalue weighted by molar-refractivity contribution is 5.70. The summed E-state index contributed by atoms with van der Waals surface area (Å²) in [5.41, 5.74) is 0.887. The topological polar surface area (TPSA) is 29.5 Å². The number of piperidine rings is 1. The molecule has 2 bridgehead atoms. The van der Waals surface area contributed by atoms with Crippen molar-refractivity contribution in [2.45, 2.75) is 64.1 Å². The highest BCUT2D eigenvalue weighted by Crippen LogP contribution is 2.38. The summed E-state index contributed by atoms with van der Waals surface area (Å²) in [5, 5.41) is 0. The lowest BCUT2D eigenvalue weighted by atomic mass is 9.99. The van der Waals surface area contributed by atoms with Crippen LogP contribution in [-0.4, -0.2) is 28.7 Å². The molecule has 16 heavy (non-hydrogen) atoms. The maximum atomic E-state index is 12.1. The Hall–Kier alpha value is -0.990. The molecule has 0 aliphatic carbocycles. The first-order chi connectivity index (χ1) is 7.37. The fourth-order valence-electron chi connectivity index (χ4n) is 2.72. The highest BCUT2D eigenvalue weighted by atomic mass is 16.6. The smallest absolute Gasteiger partial charge is 0.410 e. The van der Waals surface area contributed by atoms with Gasteiger partial charge in [-0.05, 0) is 46.5 Å². The zero-order chi connectivity index (χ0) is 11.9. The molecule has 0 radical (unpaired) electrons. The molecule has 3 heteroatoms. The van der Waals surface area contributed by atoms with Crippen LogP contribution in [0.4, 0.5) is 4.79 Å². The van der Waals surface area contributed by atoms with Gasteiger partial charge in [0.15, 0.2) is 0 Å². The maximum absolute atomic E-state index is 12.1. The molecule has 1 amide bonds. The lowest BCUT2D eigenvalue weighted by Gasteiger charge is -2.36. The Morgan fingerprint density at radius 3 is 2.25 bits per heavy atom. The average molecular weight is 223 g/mol. The summed E-state index contributed by atoms with van der Waals surface area (Å²) in [6, 6.07) is 0.669. The van der Waals surface area contributed by atoms with Gasteiger partial charge in [-0.2, -0.15) is 0 Å². The number of carbonyl (C=O) groups excluding carboxylic acids is 1. The number of carbonyl (C=O) groups is 1. The summed E-state index contributed by atoms with van der Waals surface area (Å²) in [6.45, 7) is 9.78. The Labute approximate surface area is 97.5 Å². The van der Waals surface area contributed by atoms with E-state index in [1.54, 1.807) is 0 Å². The van der Waals surface area contributed by atoms with Crippen molar-refractivity contribution in [2.24, 2.45) is 0 Å². The van der Waals surface area contributed by atoms with Crippen LogP contribution in [-0.2, 0) is 4.74 Å². The van der Waals surface area contributed by atoms with Gasteiger partial charge >= 0.3 is 6.09 Å².